The molecule has 3 aromatic rings. The molecular weight excluding hydrogens is 704 g/mol. The number of azide groups is 2. The molecular formula is C37H42N6O11. The first kappa shape index (κ1) is 40.1. The number of hydrogen-bond donors (Lipinski definition) is 0. The first-order valence-electron chi connectivity index (χ1n) is 17.1. The quantitative estimate of drug-likeness (QED) is 0.0746. The van der Waals surface area contributed by atoms with Crippen LogP contribution < -0.4 is 0 Å². The number of ether oxygens (including phenoxy) is 9. The van der Waals surface area contributed by atoms with Crippen LogP contribution in [0.4, 0.5) is 0 Å². The number of esters is 2. The monoisotopic (exact) mass is 746 g/mol. The van der Waals surface area contributed by atoms with Gasteiger partial charge >= 0.3 is 11.9 Å². The molecule has 17 nitrogen and oxygen atoms in total. The highest BCUT2D eigenvalue weighted by Gasteiger charge is 2.53. The lowest BCUT2D eigenvalue weighted by molar-refractivity contribution is -0.331. The lowest BCUT2D eigenvalue weighted by Gasteiger charge is -2.46. The molecule has 0 aliphatic carbocycles. The second-order valence-electron chi connectivity index (χ2n) is 12.3. The Morgan fingerprint density at radius 1 is 0.648 bits per heavy atom. The molecule has 10 atom stereocenters. The first-order valence-corrected chi connectivity index (χ1v) is 17.1. The van der Waals surface area contributed by atoms with Crippen LogP contribution in [0, 0.1) is 0 Å². The number of carbonyl (C=O) groups excluding carboxylic acids is 2. The molecule has 0 unspecified atom stereocenters. The van der Waals surface area contributed by atoms with E-state index in [4.69, 9.17) is 42.6 Å². The number of benzene rings is 3. The van der Waals surface area contributed by atoms with Crippen molar-refractivity contribution in [2.45, 2.75) is 88.0 Å². The third-order valence-electron chi connectivity index (χ3n) is 8.75. The van der Waals surface area contributed by atoms with Crippen LogP contribution in [-0.2, 0) is 72.0 Å². The average Bonchev–Trinajstić information content (AvgIpc) is 3.20. The molecule has 54 heavy (non-hydrogen) atoms. The molecule has 0 saturated carbocycles. The van der Waals surface area contributed by atoms with Gasteiger partial charge in [0.05, 0.1) is 39.6 Å². The Kier molecular flexibility index (Phi) is 15.2. The van der Waals surface area contributed by atoms with Gasteiger partial charge in [-0.25, -0.2) is 4.79 Å². The van der Waals surface area contributed by atoms with Gasteiger partial charge in [-0.05, 0) is 27.8 Å². The zero-order chi connectivity index (χ0) is 38.3. The summed E-state index contributed by atoms with van der Waals surface area (Å²) >= 11 is 0. The lowest BCUT2D eigenvalue weighted by atomic mass is 9.94. The molecule has 0 spiro atoms. The fraction of sp³-hybridized carbons (Fsp3) is 0.459. The van der Waals surface area contributed by atoms with Gasteiger partial charge in [0.25, 0.3) is 0 Å². The highest BCUT2D eigenvalue weighted by atomic mass is 16.7. The summed E-state index contributed by atoms with van der Waals surface area (Å²) in [5.41, 5.74) is 21.6. The van der Waals surface area contributed by atoms with Crippen LogP contribution in [0.1, 0.15) is 23.6 Å². The molecule has 286 valence electrons. The van der Waals surface area contributed by atoms with Crippen molar-refractivity contribution in [1.82, 2.24) is 0 Å². The van der Waals surface area contributed by atoms with E-state index in [1.54, 1.807) is 0 Å². The van der Waals surface area contributed by atoms with Gasteiger partial charge < -0.3 is 42.6 Å². The Bertz CT molecular complexity index is 1730. The zero-order valence-corrected chi connectivity index (χ0v) is 29.9. The lowest BCUT2D eigenvalue weighted by Crippen LogP contribution is -2.63. The number of nitrogens with zero attached hydrogens (tertiary/aromatic N) is 6. The molecule has 0 bridgehead atoms. The van der Waals surface area contributed by atoms with Gasteiger partial charge in [-0.3, -0.25) is 4.79 Å². The van der Waals surface area contributed by atoms with Crippen molar-refractivity contribution >= 4 is 11.9 Å². The molecule has 0 amide bonds. The summed E-state index contributed by atoms with van der Waals surface area (Å²) in [7, 11) is 2.58. The second kappa shape index (κ2) is 20.4. The molecule has 3 aromatic carbocycles. The van der Waals surface area contributed by atoms with Crippen molar-refractivity contribution in [2.75, 3.05) is 20.8 Å². The summed E-state index contributed by atoms with van der Waals surface area (Å²) in [4.78, 5) is 30.6. The van der Waals surface area contributed by atoms with Crippen molar-refractivity contribution < 1.29 is 52.2 Å². The molecule has 0 aromatic heterocycles. The van der Waals surface area contributed by atoms with Crippen molar-refractivity contribution in [2.24, 2.45) is 10.2 Å². The minimum Gasteiger partial charge on any atom is -0.467 e. The van der Waals surface area contributed by atoms with Crippen molar-refractivity contribution in [1.29, 1.82) is 0 Å². The molecule has 17 heteroatoms. The minimum atomic E-state index is -1.61. The Morgan fingerprint density at radius 2 is 1.15 bits per heavy atom. The summed E-state index contributed by atoms with van der Waals surface area (Å²) < 4.78 is 54.3. The summed E-state index contributed by atoms with van der Waals surface area (Å²) in [5.74, 6) is -1.75. The van der Waals surface area contributed by atoms with Gasteiger partial charge in [-0.2, -0.15) is 0 Å². The van der Waals surface area contributed by atoms with E-state index in [-0.39, 0.29) is 26.4 Å². The van der Waals surface area contributed by atoms with Crippen LogP contribution in [0.2, 0.25) is 0 Å². The number of methoxy groups -OCH3 is 2. The maximum atomic E-state index is 12.9. The van der Waals surface area contributed by atoms with E-state index in [1.807, 2.05) is 91.0 Å². The second-order valence-corrected chi connectivity index (χ2v) is 12.3. The van der Waals surface area contributed by atoms with E-state index in [0.717, 1.165) is 30.7 Å². The van der Waals surface area contributed by atoms with Crippen LogP contribution in [0.15, 0.2) is 101 Å². The normalized spacial score (nSPS) is 27.8. The molecule has 0 N–H and O–H groups in total. The number of hydrogen-bond acceptors (Lipinski definition) is 13. The predicted octanol–water partition coefficient (Wildman–Crippen LogP) is 5.32. The van der Waals surface area contributed by atoms with E-state index >= 15 is 0 Å². The van der Waals surface area contributed by atoms with Gasteiger partial charge in [0.15, 0.2) is 18.7 Å². The standard InChI is InChI=1S/C37H42N6O11/c1-23(44)52-31-28(40-42-38)29(41-43-39)36(54-33(31)35(45)46-2)51-22-27-30(48-19-24-13-7-4-8-14-24)32(49-20-25-15-9-5-10-16-25)34(37(47-3)53-27)50-21-26-17-11-6-12-18-26/h4-18,27-34,36-37H,19-22H2,1-3H3/t27-,28-,29+,30-,31+,32+,33+,34-,36-,37+/m1/s1. The van der Waals surface area contributed by atoms with Gasteiger partial charge in [0.1, 0.15) is 36.6 Å². The van der Waals surface area contributed by atoms with E-state index in [2.05, 4.69) is 20.1 Å². The van der Waals surface area contributed by atoms with Gasteiger partial charge in [0, 0.05) is 23.9 Å². The Balaban J connectivity index is 1.48. The Labute approximate surface area is 311 Å². The van der Waals surface area contributed by atoms with Crippen molar-refractivity contribution in [3.8, 4) is 0 Å². The molecule has 2 heterocycles. The topological polar surface area (TPSA) is 215 Å². The molecule has 5 rings (SSSR count). The van der Waals surface area contributed by atoms with Gasteiger partial charge in [0.2, 0.25) is 0 Å². The summed E-state index contributed by atoms with van der Waals surface area (Å²) in [6.07, 6.45) is -8.98. The van der Waals surface area contributed by atoms with Crippen LogP contribution in [0.25, 0.3) is 20.9 Å². The maximum Gasteiger partial charge on any atom is 0.339 e. The van der Waals surface area contributed by atoms with E-state index in [9.17, 15) is 20.7 Å². The summed E-state index contributed by atoms with van der Waals surface area (Å²) in [6.45, 7) is 1.38. The Hall–Kier alpha value is -5.06. The van der Waals surface area contributed by atoms with E-state index < -0.39 is 73.2 Å². The fourth-order valence-corrected chi connectivity index (χ4v) is 6.24. The first-order chi connectivity index (χ1) is 26.4. The van der Waals surface area contributed by atoms with E-state index in [1.165, 1.54) is 7.11 Å². The van der Waals surface area contributed by atoms with Crippen molar-refractivity contribution in [3.05, 3.63) is 129 Å². The highest BCUT2D eigenvalue weighted by molar-refractivity contribution is 5.76. The van der Waals surface area contributed by atoms with Crippen LogP contribution >= 0.6 is 0 Å². The van der Waals surface area contributed by atoms with Crippen LogP contribution in [-0.4, -0.2) is 94.1 Å². The molecule has 0 radical (unpaired) electrons. The molecule has 2 fully saturated rings. The molecule has 2 aliphatic heterocycles. The average molecular weight is 747 g/mol. The highest BCUT2D eigenvalue weighted by Crippen LogP contribution is 2.34. The minimum absolute atomic E-state index is 0.161. The Morgan fingerprint density at radius 3 is 1.63 bits per heavy atom. The third-order valence-corrected chi connectivity index (χ3v) is 8.75. The van der Waals surface area contributed by atoms with Gasteiger partial charge in [-0.1, -0.05) is 101 Å². The van der Waals surface area contributed by atoms with Crippen LogP contribution in [0.3, 0.4) is 0 Å². The van der Waals surface area contributed by atoms with Crippen molar-refractivity contribution in [3.63, 3.8) is 0 Å². The summed E-state index contributed by atoms with van der Waals surface area (Å²) in [6, 6.07) is 25.9. The van der Waals surface area contributed by atoms with Gasteiger partial charge in [-0.15, -0.1) is 0 Å². The maximum absolute atomic E-state index is 12.9. The van der Waals surface area contributed by atoms with Crippen LogP contribution in [0.5, 0.6) is 0 Å². The smallest absolute Gasteiger partial charge is 0.339 e. The molecule has 2 saturated heterocycles. The SMILES string of the molecule is COC(=O)[C@H]1O[C@@H](OC[C@H]2O[C@H](OC)[C@H](OCc3ccccc3)[C@@H](OCc3ccccc3)[C@@H]2OCc2ccccc2)[C@@H](N=[N+]=[N-])[C@@H](N=[N+]=[N-])[C@@H]1OC(C)=O. The fourth-order valence-electron chi connectivity index (χ4n) is 6.24. The number of rotatable bonds is 17. The number of carbonyl (C=O) groups is 2. The van der Waals surface area contributed by atoms with E-state index in [0.29, 0.717) is 0 Å². The zero-order valence-electron chi connectivity index (χ0n) is 29.9. The molecule has 2 aliphatic rings. The third kappa shape index (κ3) is 10.5. The summed E-state index contributed by atoms with van der Waals surface area (Å²) in [5, 5.41) is 7.47. The largest absolute Gasteiger partial charge is 0.467 e. The predicted molar refractivity (Wildman–Crippen MR) is 189 cm³/mol.